The van der Waals surface area contributed by atoms with E-state index >= 15 is 0 Å². The smallest absolute Gasteiger partial charge is 0.333 e. The Kier molecular flexibility index (Phi) is 9.12. The van der Waals surface area contributed by atoms with Crippen LogP contribution in [0.2, 0.25) is 0 Å². The molecule has 0 saturated carbocycles. The summed E-state index contributed by atoms with van der Waals surface area (Å²) in [6.45, 7) is 4.60. The maximum Gasteiger partial charge on any atom is 0.333 e. The van der Waals surface area contributed by atoms with Gasteiger partial charge in [-0.1, -0.05) is 24.3 Å². The maximum atomic E-state index is 11.2. The Hall–Kier alpha value is -3.77. The van der Waals surface area contributed by atoms with Gasteiger partial charge in [0.2, 0.25) is 0 Å². The van der Waals surface area contributed by atoms with Crippen LogP contribution in [0.4, 0.5) is 0 Å². The van der Waals surface area contributed by atoms with Crippen molar-refractivity contribution in [1.29, 1.82) is 0 Å². The van der Waals surface area contributed by atoms with Gasteiger partial charge in [0.15, 0.2) is 6.10 Å². The van der Waals surface area contributed by atoms with Gasteiger partial charge in [-0.3, -0.25) is 0 Å². The Morgan fingerprint density at radius 3 is 2.00 bits per heavy atom. The molecule has 1 N–H and O–H groups in total. The number of benzene rings is 3. The molecule has 6 heteroatoms. The fraction of sp³-hybridized carbons (Fsp3) is 0.250. The van der Waals surface area contributed by atoms with Gasteiger partial charge in [-0.15, -0.1) is 0 Å². The summed E-state index contributed by atoms with van der Waals surface area (Å²) in [7, 11) is 1.63. The van der Waals surface area contributed by atoms with E-state index in [4.69, 9.17) is 18.9 Å². The molecule has 3 aromatic carbocycles. The van der Waals surface area contributed by atoms with Gasteiger partial charge in [0.25, 0.3) is 0 Å². The molecule has 0 heterocycles. The number of hydrogen-bond donors (Lipinski definition) is 1. The van der Waals surface area contributed by atoms with Gasteiger partial charge in [0.1, 0.15) is 29.6 Å². The van der Waals surface area contributed by atoms with E-state index in [9.17, 15) is 9.90 Å². The lowest BCUT2D eigenvalue weighted by molar-refractivity contribution is -0.149. The van der Waals surface area contributed by atoms with Crippen LogP contribution in [-0.2, 0) is 16.0 Å². The van der Waals surface area contributed by atoms with E-state index in [0.717, 1.165) is 39.7 Å². The van der Waals surface area contributed by atoms with Crippen LogP contribution >= 0.6 is 0 Å². The SMILES string of the molecule is CCO[C@@H](Cc1ccc(OC/C=C(/C)c2ccc(Oc3ccc(OC)cc3)cc2)cc1)C(=O)O. The first kappa shape index (κ1) is 24.9. The molecule has 0 unspecified atom stereocenters. The summed E-state index contributed by atoms with van der Waals surface area (Å²) >= 11 is 0. The third kappa shape index (κ3) is 7.39. The highest BCUT2D eigenvalue weighted by atomic mass is 16.5. The van der Waals surface area contributed by atoms with Crippen LogP contribution in [-0.4, -0.2) is 37.5 Å². The van der Waals surface area contributed by atoms with Crippen molar-refractivity contribution in [2.24, 2.45) is 0 Å². The number of ether oxygens (including phenoxy) is 4. The number of hydrogen-bond acceptors (Lipinski definition) is 5. The lowest BCUT2D eigenvalue weighted by atomic mass is 10.1. The van der Waals surface area contributed by atoms with Crippen molar-refractivity contribution < 1.29 is 28.8 Å². The molecule has 0 fully saturated rings. The highest BCUT2D eigenvalue weighted by Crippen LogP contribution is 2.25. The van der Waals surface area contributed by atoms with E-state index < -0.39 is 12.1 Å². The molecule has 0 aliphatic rings. The summed E-state index contributed by atoms with van der Waals surface area (Å²) < 4.78 is 22.1. The molecule has 6 nitrogen and oxygen atoms in total. The van der Waals surface area contributed by atoms with Gasteiger partial charge < -0.3 is 24.1 Å². The van der Waals surface area contributed by atoms with Gasteiger partial charge in [-0.05, 0) is 85.2 Å². The molecule has 34 heavy (non-hydrogen) atoms. The Bertz CT molecular complexity index is 1070. The number of carboxylic acids is 1. The normalized spacial score (nSPS) is 12.1. The number of rotatable bonds is 12. The monoisotopic (exact) mass is 462 g/mol. The van der Waals surface area contributed by atoms with Crippen molar-refractivity contribution in [2.75, 3.05) is 20.3 Å². The van der Waals surface area contributed by atoms with Crippen LogP contribution in [0.3, 0.4) is 0 Å². The number of aliphatic carboxylic acids is 1. The molecule has 3 aromatic rings. The lowest BCUT2D eigenvalue weighted by Crippen LogP contribution is -2.26. The van der Waals surface area contributed by atoms with E-state index in [-0.39, 0.29) is 0 Å². The van der Waals surface area contributed by atoms with E-state index in [1.165, 1.54) is 0 Å². The second kappa shape index (κ2) is 12.5. The quantitative estimate of drug-likeness (QED) is 0.356. The van der Waals surface area contributed by atoms with Crippen molar-refractivity contribution in [3.63, 3.8) is 0 Å². The van der Waals surface area contributed by atoms with E-state index in [1.807, 2.05) is 85.8 Å². The third-order valence-corrected chi connectivity index (χ3v) is 5.23. The maximum absolute atomic E-state index is 11.2. The Morgan fingerprint density at radius 1 is 0.882 bits per heavy atom. The fourth-order valence-electron chi connectivity index (χ4n) is 3.30. The summed E-state index contributed by atoms with van der Waals surface area (Å²) in [5.74, 6) is 2.06. The van der Waals surface area contributed by atoms with Crippen LogP contribution in [0.15, 0.2) is 78.9 Å². The predicted molar refractivity (Wildman–Crippen MR) is 132 cm³/mol. The number of allylic oxidation sites excluding steroid dienone is 1. The average Bonchev–Trinajstić information content (AvgIpc) is 2.85. The van der Waals surface area contributed by atoms with Crippen LogP contribution in [0.25, 0.3) is 5.57 Å². The van der Waals surface area contributed by atoms with Crippen molar-refractivity contribution in [3.05, 3.63) is 90.0 Å². The molecule has 0 radical (unpaired) electrons. The van der Waals surface area contributed by atoms with E-state index in [2.05, 4.69) is 0 Å². The molecular weight excluding hydrogens is 432 g/mol. The van der Waals surface area contributed by atoms with Crippen LogP contribution in [0.1, 0.15) is 25.0 Å². The summed E-state index contributed by atoms with van der Waals surface area (Å²) in [5, 5.41) is 9.21. The topological polar surface area (TPSA) is 74.2 Å². The highest BCUT2D eigenvalue weighted by Gasteiger charge is 2.17. The molecule has 3 rings (SSSR count). The van der Waals surface area contributed by atoms with E-state index in [0.29, 0.717) is 19.6 Å². The minimum atomic E-state index is -0.955. The molecule has 0 bridgehead atoms. The van der Waals surface area contributed by atoms with Gasteiger partial charge in [-0.25, -0.2) is 4.79 Å². The first-order valence-corrected chi connectivity index (χ1v) is 11.1. The summed E-state index contributed by atoms with van der Waals surface area (Å²) in [4.78, 5) is 11.2. The number of methoxy groups -OCH3 is 1. The Balaban J connectivity index is 1.51. The summed E-state index contributed by atoms with van der Waals surface area (Å²) in [6, 6.07) is 22.7. The zero-order chi connectivity index (χ0) is 24.3. The molecule has 1 atom stereocenters. The minimum absolute atomic E-state index is 0.320. The van der Waals surface area contributed by atoms with Crippen molar-refractivity contribution >= 4 is 11.5 Å². The van der Waals surface area contributed by atoms with E-state index in [1.54, 1.807) is 14.0 Å². The minimum Gasteiger partial charge on any atom is -0.497 e. The highest BCUT2D eigenvalue weighted by molar-refractivity contribution is 5.72. The van der Waals surface area contributed by atoms with Crippen LogP contribution in [0, 0.1) is 0 Å². The molecule has 0 spiro atoms. The van der Waals surface area contributed by atoms with Crippen molar-refractivity contribution in [2.45, 2.75) is 26.4 Å². The first-order chi connectivity index (χ1) is 16.5. The number of carbonyl (C=O) groups is 1. The largest absolute Gasteiger partial charge is 0.497 e. The van der Waals surface area contributed by atoms with Gasteiger partial charge in [0.05, 0.1) is 7.11 Å². The molecule has 0 aliphatic carbocycles. The number of carboxylic acid groups (broad SMARTS) is 1. The lowest BCUT2D eigenvalue weighted by Gasteiger charge is -2.12. The van der Waals surface area contributed by atoms with Crippen molar-refractivity contribution in [1.82, 2.24) is 0 Å². The van der Waals surface area contributed by atoms with Crippen molar-refractivity contribution in [3.8, 4) is 23.0 Å². The standard InChI is InChI=1S/C28H30O6/c1-4-32-27(28(29)30)19-21-5-9-24(10-6-21)33-18-17-20(2)22-7-11-25(12-8-22)34-26-15-13-23(31-3)14-16-26/h5-17,27H,4,18-19H2,1-3H3,(H,29,30)/b20-17-/t27-/m0/s1. The average molecular weight is 463 g/mol. The third-order valence-electron chi connectivity index (χ3n) is 5.23. The summed E-state index contributed by atoms with van der Waals surface area (Å²) in [5.41, 5.74) is 3.06. The Labute approximate surface area is 200 Å². The molecule has 0 saturated heterocycles. The van der Waals surface area contributed by atoms with Crippen LogP contribution < -0.4 is 14.2 Å². The fourth-order valence-corrected chi connectivity index (χ4v) is 3.30. The zero-order valence-electron chi connectivity index (χ0n) is 19.7. The van der Waals surface area contributed by atoms with Gasteiger partial charge >= 0.3 is 5.97 Å². The molecular formula is C28H30O6. The summed E-state index contributed by atoms with van der Waals surface area (Å²) in [6.07, 6.45) is 1.50. The second-order valence-corrected chi connectivity index (χ2v) is 7.63. The van der Waals surface area contributed by atoms with Crippen LogP contribution in [0.5, 0.6) is 23.0 Å². The van der Waals surface area contributed by atoms with Gasteiger partial charge in [0, 0.05) is 13.0 Å². The predicted octanol–water partition coefficient (Wildman–Crippen LogP) is 6.00. The molecule has 178 valence electrons. The Morgan fingerprint density at radius 2 is 1.44 bits per heavy atom. The van der Waals surface area contributed by atoms with Gasteiger partial charge in [-0.2, -0.15) is 0 Å². The first-order valence-electron chi connectivity index (χ1n) is 11.1. The zero-order valence-corrected chi connectivity index (χ0v) is 19.7. The second-order valence-electron chi connectivity index (χ2n) is 7.63. The molecule has 0 aliphatic heterocycles. The molecule has 0 aromatic heterocycles. The molecule has 0 amide bonds.